The average molecular weight is 255 g/mol. The molecule has 1 aromatic rings. The van der Waals surface area contributed by atoms with Crippen molar-refractivity contribution in [3.05, 3.63) is 29.8 Å². The van der Waals surface area contributed by atoms with Crippen molar-refractivity contribution in [1.29, 1.82) is 0 Å². The van der Waals surface area contributed by atoms with Crippen LogP contribution < -0.4 is 4.74 Å². The molecule has 0 aliphatic heterocycles. The topological polar surface area (TPSA) is 9.23 Å². The monoisotopic (exact) mass is 254 g/mol. The van der Waals surface area contributed by atoms with Crippen molar-refractivity contribution in [3.63, 3.8) is 0 Å². The molecule has 0 bridgehead atoms. The number of ether oxygens (including phenoxy) is 1. The maximum atomic E-state index is 6.06. The molecule has 1 rings (SSSR count). The Morgan fingerprint density at radius 3 is 2.71 bits per heavy atom. The molecule has 96 valence electrons. The van der Waals surface area contributed by atoms with Crippen LogP contribution in [-0.4, -0.2) is 13.0 Å². The number of rotatable bonds is 7. The van der Waals surface area contributed by atoms with Gasteiger partial charge in [0.2, 0.25) is 0 Å². The Balaban J connectivity index is 2.60. The predicted octanol–water partition coefficient (Wildman–Crippen LogP) is 4.53. The first-order valence-corrected chi connectivity index (χ1v) is 6.91. The third kappa shape index (κ3) is 4.99. The van der Waals surface area contributed by atoms with Crippen LogP contribution in [0.1, 0.15) is 32.3 Å². The van der Waals surface area contributed by atoms with Crippen molar-refractivity contribution in [2.24, 2.45) is 11.8 Å². The molecule has 0 N–H and O–H groups in total. The lowest BCUT2D eigenvalue weighted by molar-refractivity contribution is 0.402. The van der Waals surface area contributed by atoms with Crippen molar-refractivity contribution < 1.29 is 4.74 Å². The summed E-state index contributed by atoms with van der Waals surface area (Å²) in [6.45, 7) is 4.53. The zero-order valence-corrected chi connectivity index (χ0v) is 11.8. The first kappa shape index (κ1) is 14.4. The van der Waals surface area contributed by atoms with E-state index in [-0.39, 0.29) is 0 Å². The number of halogens is 1. The molecule has 0 heterocycles. The van der Waals surface area contributed by atoms with Crippen LogP contribution in [0.2, 0.25) is 0 Å². The molecule has 2 heteroatoms. The second-order valence-electron chi connectivity index (χ2n) is 4.83. The molecule has 0 radical (unpaired) electrons. The highest BCUT2D eigenvalue weighted by Gasteiger charge is 2.12. The molecular formula is C15H23ClO. The number of hydrogen-bond donors (Lipinski definition) is 0. The van der Waals surface area contributed by atoms with E-state index < -0.39 is 0 Å². The number of benzene rings is 1. The van der Waals surface area contributed by atoms with Gasteiger partial charge in [0.15, 0.2) is 0 Å². The summed E-state index contributed by atoms with van der Waals surface area (Å²) in [5.41, 5.74) is 1.32. The highest BCUT2D eigenvalue weighted by Crippen LogP contribution is 2.22. The smallest absolute Gasteiger partial charge is 0.119 e. The van der Waals surface area contributed by atoms with E-state index in [4.69, 9.17) is 16.3 Å². The Morgan fingerprint density at radius 2 is 2.12 bits per heavy atom. The van der Waals surface area contributed by atoms with Gasteiger partial charge >= 0.3 is 0 Å². The molecule has 0 amide bonds. The molecule has 0 saturated heterocycles. The molecule has 0 spiro atoms. The molecule has 1 aromatic carbocycles. The molecule has 0 aromatic heterocycles. The molecule has 2 atom stereocenters. The average Bonchev–Trinajstić information content (AvgIpc) is 2.37. The molecule has 2 unspecified atom stereocenters. The summed E-state index contributed by atoms with van der Waals surface area (Å²) in [5.74, 6) is 2.99. The summed E-state index contributed by atoms with van der Waals surface area (Å²) in [7, 11) is 1.71. The summed E-state index contributed by atoms with van der Waals surface area (Å²) >= 11 is 6.06. The standard InChI is InChI=1S/C15H23ClO/c1-4-12(2)8-14(11-16)9-13-6-5-7-15(10-13)17-3/h5-7,10,12,14H,4,8-9,11H2,1-3H3. The minimum Gasteiger partial charge on any atom is -0.497 e. The Bertz CT molecular complexity index is 324. The highest BCUT2D eigenvalue weighted by molar-refractivity contribution is 6.18. The van der Waals surface area contributed by atoms with Gasteiger partial charge < -0.3 is 4.74 Å². The predicted molar refractivity (Wildman–Crippen MR) is 75.0 cm³/mol. The summed E-state index contributed by atoms with van der Waals surface area (Å²) in [6, 6.07) is 8.28. The lowest BCUT2D eigenvalue weighted by atomic mass is 9.90. The van der Waals surface area contributed by atoms with Gasteiger partial charge in [-0.3, -0.25) is 0 Å². The van der Waals surface area contributed by atoms with Crippen LogP contribution in [-0.2, 0) is 6.42 Å². The van der Waals surface area contributed by atoms with Crippen LogP contribution >= 0.6 is 11.6 Å². The summed E-state index contributed by atoms with van der Waals surface area (Å²) in [4.78, 5) is 0. The maximum Gasteiger partial charge on any atom is 0.119 e. The fourth-order valence-electron chi connectivity index (χ4n) is 2.07. The second-order valence-corrected chi connectivity index (χ2v) is 5.13. The molecule has 17 heavy (non-hydrogen) atoms. The highest BCUT2D eigenvalue weighted by atomic mass is 35.5. The van der Waals surface area contributed by atoms with E-state index in [0.29, 0.717) is 5.92 Å². The van der Waals surface area contributed by atoms with Crippen LogP contribution in [0.3, 0.4) is 0 Å². The number of hydrogen-bond acceptors (Lipinski definition) is 1. The van der Waals surface area contributed by atoms with Crippen LogP contribution in [0.25, 0.3) is 0 Å². The van der Waals surface area contributed by atoms with E-state index in [1.807, 2.05) is 12.1 Å². The van der Waals surface area contributed by atoms with Crippen molar-refractivity contribution in [1.82, 2.24) is 0 Å². The molecule has 0 fully saturated rings. The largest absolute Gasteiger partial charge is 0.497 e. The van der Waals surface area contributed by atoms with Crippen LogP contribution in [0, 0.1) is 11.8 Å². The molecule has 0 aliphatic rings. The summed E-state index contributed by atoms with van der Waals surface area (Å²) in [6.07, 6.45) is 3.48. The molecule has 0 saturated carbocycles. The summed E-state index contributed by atoms with van der Waals surface area (Å²) < 4.78 is 5.24. The Hall–Kier alpha value is -0.690. The normalized spacial score (nSPS) is 14.4. The Morgan fingerprint density at radius 1 is 1.35 bits per heavy atom. The van der Waals surface area contributed by atoms with Crippen molar-refractivity contribution in [2.45, 2.75) is 33.1 Å². The zero-order chi connectivity index (χ0) is 12.7. The van der Waals surface area contributed by atoms with Crippen LogP contribution in [0.15, 0.2) is 24.3 Å². The first-order chi connectivity index (χ1) is 8.19. The minimum absolute atomic E-state index is 0.568. The minimum atomic E-state index is 0.568. The van der Waals surface area contributed by atoms with Gasteiger partial charge in [-0.1, -0.05) is 32.4 Å². The molecular weight excluding hydrogens is 232 g/mol. The van der Waals surface area contributed by atoms with Crippen molar-refractivity contribution in [3.8, 4) is 5.75 Å². The second kappa shape index (κ2) is 7.60. The van der Waals surface area contributed by atoms with Crippen molar-refractivity contribution in [2.75, 3.05) is 13.0 Å². The van der Waals surface area contributed by atoms with Crippen molar-refractivity contribution >= 4 is 11.6 Å². The SMILES string of the molecule is CCC(C)CC(CCl)Cc1cccc(OC)c1. The van der Waals surface area contributed by atoms with E-state index >= 15 is 0 Å². The van der Waals surface area contributed by atoms with E-state index in [1.165, 1.54) is 18.4 Å². The van der Waals surface area contributed by atoms with Gasteiger partial charge in [0, 0.05) is 5.88 Å². The fourth-order valence-corrected chi connectivity index (χ4v) is 2.30. The van der Waals surface area contributed by atoms with Gasteiger partial charge in [0.25, 0.3) is 0 Å². The van der Waals surface area contributed by atoms with E-state index in [0.717, 1.165) is 24.0 Å². The van der Waals surface area contributed by atoms with E-state index in [9.17, 15) is 0 Å². The van der Waals surface area contributed by atoms with Crippen LogP contribution in [0.4, 0.5) is 0 Å². The quantitative estimate of drug-likeness (QED) is 0.650. The van der Waals surface area contributed by atoms with Gasteiger partial charge in [0.05, 0.1) is 7.11 Å². The Kier molecular flexibility index (Phi) is 6.43. The van der Waals surface area contributed by atoms with Gasteiger partial charge in [-0.15, -0.1) is 11.6 Å². The maximum absolute atomic E-state index is 6.06. The number of alkyl halides is 1. The van der Waals surface area contributed by atoms with Gasteiger partial charge in [-0.25, -0.2) is 0 Å². The Labute approximate surface area is 110 Å². The fraction of sp³-hybridized carbons (Fsp3) is 0.600. The number of methoxy groups -OCH3 is 1. The van der Waals surface area contributed by atoms with Crippen LogP contribution in [0.5, 0.6) is 5.75 Å². The lowest BCUT2D eigenvalue weighted by Gasteiger charge is -2.18. The third-order valence-corrected chi connectivity index (χ3v) is 3.75. The first-order valence-electron chi connectivity index (χ1n) is 6.38. The molecule has 0 aliphatic carbocycles. The van der Waals surface area contributed by atoms with E-state index in [2.05, 4.69) is 26.0 Å². The third-order valence-electron chi connectivity index (χ3n) is 3.31. The van der Waals surface area contributed by atoms with E-state index in [1.54, 1.807) is 7.11 Å². The summed E-state index contributed by atoms with van der Waals surface area (Å²) in [5, 5.41) is 0. The van der Waals surface area contributed by atoms with Gasteiger partial charge in [-0.2, -0.15) is 0 Å². The zero-order valence-electron chi connectivity index (χ0n) is 11.1. The lowest BCUT2D eigenvalue weighted by Crippen LogP contribution is -2.11. The van der Waals surface area contributed by atoms with Gasteiger partial charge in [0.1, 0.15) is 5.75 Å². The molecule has 1 nitrogen and oxygen atoms in total. The van der Waals surface area contributed by atoms with Gasteiger partial charge in [-0.05, 0) is 42.4 Å².